The van der Waals surface area contributed by atoms with Crippen LogP contribution in [-0.4, -0.2) is 11.4 Å². The predicted molar refractivity (Wildman–Crippen MR) is 58.4 cm³/mol. The maximum atomic E-state index is 5.97. The van der Waals surface area contributed by atoms with Crippen LogP contribution >= 0.6 is 39.1 Å². The van der Waals surface area contributed by atoms with Gasteiger partial charge in [0.05, 0.1) is 5.02 Å². The second kappa shape index (κ2) is 3.68. The van der Waals surface area contributed by atoms with Gasteiger partial charge < -0.3 is 4.74 Å². The van der Waals surface area contributed by atoms with E-state index in [1.807, 2.05) is 6.07 Å². The highest BCUT2D eigenvalue weighted by Gasteiger charge is 2.24. The number of benzene rings is 1. The quantitative estimate of drug-likeness (QED) is 0.714. The third kappa shape index (κ3) is 1.80. The highest BCUT2D eigenvalue weighted by molar-refractivity contribution is 9.09. The molecule has 1 nitrogen and oxygen atoms in total. The van der Waals surface area contributed by atoms with Crippen LogP contribution in [0.2, 0.25) is 10.0 Å². The summed E-state index contributed by atoms with van der Waals surface area (Å²) in [6.45, 7) is 0. The molecule has 1 unspecified atom stereocenters. The van der Waals surface area contributed by atoms with Crippen LogP contribution in [0, 0.1) is 0 Å². The third-order valence-corrected chi connectivity index (χ3v) is 3.21. The zero-order valence-corrected chi connectivity index (χ0v) is 9.79. The maximum Gasteiger partial charge on any atom is 0.141 e. The molecule has 0 spiro atoms. The predicted octanol–water partition coefficient (Wildman–Crippen LogP) is 3.69. The molecule has 2 rings (SSSR count). The first kappa shape index (κ1) is 9.63. The van der Waals surface area contributed by atoms with Crippen molar-refractivity contribution < 1.29 is 4.74 Å². The molecule has 4 heteroatoms. The summed E-state index contributed by atoms with van der Waals surface area (Å²) in [6.07, 6.45) is 1.06. The molecule has 1 aliphatic rings. The van der Waals surface area contributed by atoms with Gasteiger partial charge in [0.25, 0.3) is 0 Å². The van der Waals surface area contributed by atoms with Gasteiger partial charge in [-0.2, -0.15) is 0 Å². The minimum atomic E-state index is 0.186. The van der Waals surface area contributed by atoms with Crippen LogP contribution in [0.25, 0.3) is 0 Å². The van der Waals surface area contributed by atoms with E-state index in [2.05, 4.69) is 15.9 Å². The van der Waals surface area contributed by atoms with Crippen molar-refractivity contribution in [2.75, 3.05) is 5.33 Å². The number of hydrogen-bond donors (Lipinski definition) is 0. The van der Waals surface area contributed by atoms with E-state index in [4.69, 9.17) is 27.9 Å². The van der Waals surface area contributed by atoms with Gasteiger partial charge in [0.15, 0.2) is 0 Å². The number of alkyl halides is 1. The van der Waals surface area contributed by atoms with E-state index in [9.17, 15) is 0 Å². The maximum absolute atomic E-state index is 5.97. The van der Waals surface area contributed by atoms with Gasteiger partial charge in [-0.1, -0.05) is 39.1 Å². The normalized spacial score (nSPS) is 19.8. The molecule has 70 valence electrons. The average Bonchev–Trinajstić information content (AvgIpc) is 2.47. The smallest absolute Gasteiger partial charge is 0.141 e. The first-order valence-corrected chi connectivity index (χ1v) is 5.79. The number of hydrogen-bond acceptors (Lipinski definition) is 1. The lowest BCUT2D eigenvalue weighted by Crippen LogP contribution is -2.13. The molecule has 1 aromatic carbocycles. The van der Waals surface area contributed by atoms with Crippen LogP contribution in [0.5, 0.6) is 5.75 Å². The third-order valence-electron chi connectivity index (χ3n) is 1.99. The SMILES string of the molecule is Clc1cc(Cl)c2c(c1)CC(CBr)O2. The van der Waals surface area contributed by atoms with E-state index >= 15 is 0 Å². The Morgan fingerprint density at radius 2 is 2.23 bits per heavy atom. The monoisotopic (exact) mass is 280 g/mol. The molecule has 0 radical (unpaired) electrons. The summed E-state index contributed by atoms with van der Waals surface area (Å²) in [5.74, 6) is 0.788. The van der Waals surface area contributed by atoms with E-state index in [-0.39, 0.29) is 6.10 Å². The lowest BCUT2D eigenvalue weighted by molar-refractivity contribution is 0.261. The van der Waals surface area contributed by atoms with Gasteiger partial charge in [-0.15, -0.1) is 0 Å². The van der Waals surface area contributed by atoms with Gasteiger partial charge in [-0.3, -0.25) is 0 Å². The summed E-state index contributed by atoms with van der Waals surface area (Å²) in [5.41, 5.74) is 1.10. The summed E-state index contributed by atoms with van der Waals surface area (Å²) >= 11 is 15.2. The second-order valence-electron chi connectivity index (χ2n) is 2.97. The van der Waals surface area contributed by atoms with E-state index in [0.717, 1.165) is 23.1 Å². The topological polar surface area (TPSA) is 9.23 Å². The fourth-order valence-electron chi connectivity index (χ4n) is 1.44. The number of rotatable bonds is 1. The molecule has 0 saturated heterocycles. The molecular formula is C9H7BrCl2O. The van der Waals surface area contributed by atoms with Gasteiger partial charge >= 0.3 is 0 Å². The van der Waals surface area contributed by atoms with Crippen molar-refractivity contribution in [1.82, 2.24) is 0 Å². The van der Waals surface area contributed by atoms with E-state index in [1.165, 1.54) is 0 Å². The summed E-state index contributed by atoms with van der Waals surface area (Å²) in [7, 11) is 0. The average molecular weight is 282 g/mol. The van der Waals surface area contributed by atoms with Crippen LogP contribution in [-0.2, 0) is 6.42 Å². The largest absolute Gasteiger partial charge is 0.487 e. The highest BCUT2D eigenvalue weighted by Crippen LogP contribution is 2.38. The molecule has 1 atom stereocenters. The van der Waals surface area contributed by atoms with Crippen molar-refractivity contribution in [1.29, 1.82) is 0 Å². The second-order valence-corrected chi connectivity index (χ2v) is 4.47. The number of fused-ring (bicyclic) bond motifs is 1. The van der Waals surface area contributed by atoms with Crippen molar-refractivity contribution in [3.05, 3.63) is 27.7 Å². The lowest BCUT2D eigenvalue weighted by Gasteiger charge is -2.06. The summed E-state index contributed by atoms with van der Waals surface area (Å²) < 4.78 is 5.60. The lowest BCUT2D eigenvalue weighted by atomic mass is 10.1. The molecule has 0 aliphatic carbocycles. The summed E-state index contributed by atoms with van der Waals surface area (Å²) in [4.78, 5) is 0. The molecule has 0 fully saturated rings. The molecule has 1 aliphatic heterocycles. The number of ether oxygens (including phenoxy) is 1. The Bertz CT molecular complexity index is 341. The molecule has 0 bridgehead atoms. The Hall–Kier alpha value is 0.0800. The van der Waals surface area contributed by atoms with Crippen molar-refractivity contribution in [2.45, 2.75) is 12.5 Å². The Kier molecular flexibility index (Phi) is 2.72. The first-order chi connectivity index (χ1) is 6.20. The zero-order valence-electron chi connectivity index (χ0n) is 6.69. The van der Waals surface area contributed by atoms with E-state index in [0.29, 0.717) is 10.0 Å². The van der Waals surface area contributed by atoms with Gasteiger partial charge in [-0.05, 0) is 12.1 Å². The number of halogens is 3. The van der Waals surface area contributed by atoms with Crippen molar-refractivity contribution in [3.63, 3.8) is 0 Å². The van der Waals surface area contributed by atoms with Crippen molar-refractivity contribution in [2.24, 2.45) is 0 Å². The molecule has 0 N–H and O–H groups in total. The first-order valence-electron chi connectivity index (χ1n) is 3.91. The van der Waals surface area contributed by atoms with Crippen LogP contribution in [0.1, 0.15) is 5.56 Å². The van der Waals surface area contributed by atoms with Crippen LogP contribution < -0.4 is 4.74 Å². The molecular weight excluding hydrogens is 275 g/mol. The molecule has 0 aromatic heterocycles. The molecule has 1 aromatic rings. The highest BCUT2D eigenvalue weighted by atomic mass is 79.9. The fraction of sp³-hybridized carbons (Fsp3) is 0.333. The van der Waals surface area contributed by atoms with Gasteiger partial charge in [-0.25, -0.2) is 0 Å². The minimum Gasteiger partial charge on any atom is -0.487 e. The van der Waals surface area contributed by atoms with Crippen molar-refractivity contribution >= 4 is 39.1 Å². The van der Waals surface area contributed by atoms with E-state index < -0.39 is 0 Å². The van der Waals surface area contributed by atoms with Gasteiger partial charge in [0.1, 0.15) is 11.9 Å². The molecule has 1 heterocycles. The minimum absolute atomic E-state index is 0.186. The molecule has 0 amide bonds. The van der Waals surface area contributed by atoms with E-state index in [1.54, 1.807) is 6.07 Å². The van der Waals surface area contributed by atoms with Crippen LogP contribution in [0.15, 0.2) is 12.1 Å². The van der Waals surface area contributed by atoms with Crippen molar-refractivity contribution in [3.8, 4) is 5.75 Å². The Morgan fingerprint density at radius 1 is 1.46 bits per heavy atom. The van der Waals surface area contributed by atoms with Crippen LogP contribution in [0.4, 0.5) is 0 Å². The summed E-state index contributed by atoms with van der Waals surface area (Å²) in [6, 6.07) is 3.62. The summed E-state index contributed by atoms with van der Waals surface area (Å²) in [5, 5.41) is 2.09. The van der Waals surface area contributed by atoms with Gasteiger partial charge in [0, 0.05) is 22.3 Å². The Morgan fingerprint density at radius 3 is 2.92 bits per heavy atom. The Labute approximate surface area is 95.1 Å². The zero-order chi connectivity index (χ0) is 9.42. The van der Waals surface area contributed by atoms with Gasteiger partial charge in [0.2, 0.25) is 0 Å². The fourth-order valence-corrected chi connectivity index (χ4v) is 2.38. The molecule has 0 saturated carbocycles. The molecule has 13 heavy (non-hydrogen) atoms. The van der Waals surface area contributed by atoms with Crippen LogP contribution in [0.3, 0.4) is 0 Å². The Balaban J connectivity index is 2.40. The standard InChI is InChI=1S/C9H7BrCl2O/c10-4-7-2-5-1-6(11)3-8(12)9(5)13-7/h1,3,7H,2,4H2.